The SMILES string of the molecule is CCCc1nc(SC)c(C(=O)CS(=O)c2ccccc2)n1Cc1cccc(-c2ccccc2)c1S(=O)(=O)NC(=O)NCc1ccccc1. The molecule has 1 aromatic heterocycles. The van der Waals surface area contributed by atoms with Gasteiger partial charge in [-0.3, -0.25) is 9.00 Å². The zero-order valence-electron chi connectivity index (χ0n) is 26.6. The van der Waals surface area contributed by atoms with Crippen molar-refractivity contribution in [1.82, 2.24) is 19.6 Å². The van der Waals surface area contributed by atoms with Gasteiger partial charge in [-0.15, -0.1) is 11.8 Å². The Hall–Kier alpha value is -4.52. The first-order chi connectivity index (χ1) is 23.2. The number of benzene rings is 4. The van der Waals surface area contributed by atoms with Crippen LogP contribution in [0.25, 0.3) is 11.1 Å². The topological polar surface area (TPSA) is 127 Å². The summed E-state index contributed by atoms with van der Waals surface area (Å²) >= 11 is 1.30. The van der Waals surface area contributed by atoms with Crippen molar-refractivity contribution >= 4 is 44.4 Å². The molecule has 0 fully saturated rings. The number of amides is 2. The Morgan fingerprint density at radius 1 is 0.875 bits per heavy atom. The van der Waals surface area contributed by atoms with Crippen LogP contribution >= 0.6 is 11.8 Å². The van der Waals surface area contributed by atoms with E-state index in [4.69, 9.17) is 4.98 Å². The van der Waals surface area contributed by atoms with Crippen LogP contribution in [0.1, 0.15) is 40.8 Å². The van der Waals surface area contributed by atoms with E-state index in [0.29, 0.717) is 38.9 Å². The smallest absolute Gasteiger partial charge is 0.328 e. The third-order valence-corrected chi connectivity index (χ3v) is 11.0. The number of sulfonamides is 1. The molecular formula is C36H36N4O5S3. The van der Waals surface area contributed by atoms with Crippen molar-refractivity contribution < 1.29 is 22.2 Å². The van der Waals surface area contributed by atoms with Crippen LogP contribution in [-0.2, 0) is 40.3 Å². The first-order valence-electron chi connectivity index (χ1n) is 15.3. The molecule has 5 rings (SSSR count). The number of ketones is 1. The van der Waals surface area contributed by atoms with Crippen LogP contribution in [0.2, 0.25) is 0 Å². The molecule has 2 amide bonds. The molecule has 1 atom stereocenters. The number of hydrogen-bond acceptors (Lipinski definition) is 7. The van der Waals surface area contributed by atoms with Crippen LogP contribution in [0.5, 0.6) is 0 Å². The maximum Gasteiger partial charge on any atom is 0.328 e. The normalized spacial score (nSPS) is 12.0. The molecule has 0 aliphatic heterocycles. The van der Waals surface area contributed by atoms with E-state index in [0.717, 1.165) is 12.0 Å². The summed E-state index contributed by atoms with van der Waals surface area (Å²) in [5.74, 6) is -0.0103. The first kappa shape index (κ1) is 34.8. The lowest BCUT2D eigenvalue weighted by Gasteiger charge is -2.19. The maximum atomic E-state index is 14.1. The highest BCUT2D eigenvalue weighted by molar-refractivity contribution is 7.98. The van der Waals surface area contributed by atoms with E-state index in [1.807, 2.05) is 67.8 Å². The number of hydrogen-bond donors (Lipinski definition) is 2. The molecule has 4 aromatic carbocycles. The monoisotopic (exact) mass is 700 g/mol. The van der Waals surface area contributed by atoms with Crippen molar-refractivity contribution in [2.75, 3.05) is 12.0 Å². The number of imidazole rings is 1. The van der Waals surface area contributed by atoms with Crippen molar-refractivity contribution in [3.05, 3.63) is 132 Å². The quantitative estimate of drug-likeness (QED) is 0.101. The van der Waals surface area contributed by atoms with Gasteiger partial charge in [0.15, 0.2) is 5.78 Å². The van der Waals surface area contributed by atoms with Crippen LogP contribution in [-0.4, -0.2) is 46.0 Å². The van der Waals surface area contributed by atoms with Crippen molar-refractivity contribution in [2.45, 2.75) is 47.7 Å². The lowest BCUT2D eigenvalue weighted by molar-refractivity contribution is 0.101. The molecule has 0 saturated heterocycles. The Morgan fingerprint density at radius 3 is 2.17 bits per heavy atom. The highest BCUT2D eigenvalue weighted by Gasteiger charge is 2.29. The molecule has 5 aromatic rings. The third kappa shape index (κ3) is 8.30. The third-order valence-electron chi connectivity index (χ3n) is 7.52. The summed E-state index contributed by atoms with van der Waals surface area (Å²) < 4.78 is 45.4. The molecular weight excluding hydrogens is 665 g/mol. The minimum atomic E-state index is -4.44. The molecule has 0 aliphatic rings. The zero-order chi connectivity index (χ0) is 34.1. The Labute approximate surface area is 287 Å². The standard InChI is InChI=1S/C36H36N4O5S3/c1-3-14-32-38-35(46-2)33(31(41)25-47(43)29-20-11-6-12-21-29)40(32)24-28-19-13-22-30(27-17-9-5-10-18-27)34(28)48(44,45)39-36(42)37-23-26-15-7-4-8-16-26/h4-13,15-22H,3,14,23-25H2,1-2H3,(H2,37,39,42). The molecule has 1 heterocycles. The minimum Gasteiger partial charge on any atom is -0.333 e. The first-order valence-corrected chi connectivity index (χ1v) is 19.4. The van der Waals surface area contributed by atoms with Crippen molar-refractivity contribution in [3.63, 3.8) is 0 Å². The number of rotatable bonds is 14. The van der Waals surface area contributed by atoms with Gasteiger partial charge in [-0.25, -0.2) is 22.9 Å². The minimum absolute atomic E-state index is 0.0233. The summed E-state index contributed by atoms with van der Waals surface area (Å²) in [6.07, 6.45) is 3.08. The number of aromatic nitrogens is 2. The van der Waals surface area contributed by atoms with E-state index < -0.39 is 26.9 Å². The van der Waals surface area contributed by atoms with Crippen LogP contribution in [0.3, 0.4) is 0 Å². The van der Waals surface area contributed by atoms with Crippen molar-refractivity contribution in [3.8, 4) is 11.1 Å². The second-order valence-corrected chi connectivity index (χ2v) is 14.7. The molecule has 1 unspecified atom stereocenters. The summed E-state index contributed by atoms with van der Waals surface area (Å²) in [4.78, 5) is 32.1. The van der Waals surface area contributed by atoms with E-state index in [1.165, 1.54) is 11.8 Å². The second-order valence-electron chi connectivity index (χ2n) is 10.9. The average molecular weight is 701 g/mol. The van der Waals surface area contributed by atoms with E-state index in [-0.39, 0.29) is 35.2 Å². The molecule has 12 heteroatoms. The molecule has 0 bridgehead atoms. The number of nitrogens with one attached hydrogen (secondary N) is 2. The number of carbonyl (C=O) groups is 2. The summed E-state index contributed by atoms with van der Waals surface area (Å²) in [6, 6.07) is 31.3. The molecule has 9 nitrogen and oxygen atoms in total. The number of carbonyl (C=O) groups excluding carboxylic acids is 2. The van der Waals surface area contributed by atoms with Crippen LogP contribution < -0.4 is 10.0 Å². The van der Waals surface area contributed by atoms with E-state index in [2.05, 4.69) is 10.0 Å². The number of urea groups is 1. The van der Waals surface area contributed by atoms with E-state index in [9.17, 15) is 22.2 Å². The van der Waals surface area contributed by atoms with Gasteiger partial charge >= 0.3 is 6.03 Å². The molecule has 248 valence electrons. The fourth-order valence-electron chi connectivity index (χ4n) is 5.34. The van der Waals surface area contributed by atoms with Gasteiger partial charge in [-0.05, 0) is 41.5 Å². The maximum absolute atomic E-state index is 14.1. The van der Waals surface area contributed by atoms with Gasteiger partial charge in [0.1, 0.15) is 21.4 Å². The Balaban J connectivity index is 1.56. The Bertz CT molecular complexity index is 2020. The molecule has 2 N–H and O–H groups in total. The van der Waals surface area contributed by atoms with Crippen molar-refractivity contribution in [1.29, 1.82) is 0 Å². The molecule has 0 spiro atoms. The average Bonchev–Trinajstić information content (AvgIpc) is 3.45. The highest BCUT2D eigenvalue weighted by atomic mass is 32.2. The van der Waals surface area contributed by atoms with E-state index in [1.54, 1.807) is 59.2 Å². The van der Waals surface area contributed by atoms with Gasteiger partial charge < -0.3 is 9.88 Å². The van der Waals surface area contributed by atoms with Gasteiger partial charge in [0.05, 0.1) is 23.1 Å². The number of nitrogens with zero attached hydrogens (tertiary/aromatic N) is 2. The lowest BCUT2D eigenvalue weighted by Crippen LogP contribution is -2.39. The van der Waals surface area contributed by atoms with Gasteiger partial charge in [-0.1, -0.05) is 104 Å². The van der Waals surface area contributed by atoms with Gasteiger partial charge in [0.2, 0.25) is 0 Å². The van der Waals surface area contributed by atoms with E-state index >= 15 is 0 Å². The second kappa shape index (κ2) is 16.1. The number of thioether (sulfide) groups is 1. The summed E-state index contributed by atoms with van der Waals surface area (Å²) in [6.45, 7) is 2.11. The fraction of sp³-hybridized carbons (Fsp3) is 0.194. The largest absolute Gasteiger partial charge is 0.333 e. The fourth-order valence-corrected chi connectivity index (χ4v) is 8.33. The zero-order valence-corrected chi connectivity index (χ0v) is 29.0. The van der Waals surface area contributed by atoms with Crippen molar-refractivity contribution in [2.24, 2.45) is 0 Å². The summed E-state index contributed by atoms with van der Waals surface area (Å²) in [5.41, 5.74) is 2.49. The molecule has 0 saturated carbocycles. The number of Topliss-reactive ketones (excluding diaryl/α,β-unsaturated/α-hetero) is 1. The molecule has 0 radical (unpaired) electrons. The summed E-state index contributed by atoms with van der Waals surface area (Å²) in [5, 5.41) is 3.11. The predicted molar refractivity (Wildman–Crippen MR) is 190 cm³/mol. The van der Waals surface area contributed by atoms with Gasteiger partial charge in [-0.2, -0.15) is 0 Å². The van der Waals surface area contributed by atoms with Gasteiger partial charge in [0.25, 0.3) is 10.0 Å². The molecule has 48 heavy (non-hydrogen) atoms. The van der Waals surface area contributed by atoms with Crippen LogP contribution in [0.15, 0.2) is 124 Å². The molecule has 0 aliphatic carbocycles. The lowest BCUT2D eigenvalue weighted by atomic mass is 10.0. The Morgan fingerprint density at radius 2 is 1.52 bits per heavy atom. The summed E-state index contributed by atoms with van der Waals surface area (Å²) in [7, 11) is -6.03. The predicted octanol–water partition coefficient (Wildman–Crippen LogP) is 6.45. The van der Waals surface area contributed by atoms with Gasteiger partial charge in [0, 0.05) is 23.4 Å². The highest BCUT2D eigenvalue weighted by Crippen LogP contribution is 2.32. The van der Waals surface area contributed by atoms with Crippen LogP contribution in [0, 0.1) is 0 Å². The Kier molecular flexibility index (Phi) is 11.6. The number of aryl methyl sites for hydroxylation is 1. The van der Waals surface area contributed by atoms with Crippen LogP contribution in [0.4, 0.5) is 4.79 Å².